The molecule has 23 heavy (non-hydrogen) atoms. The quantitative estimate of drug-likeness (QED) is 0.874. The second kappa shape index (κ2) is 6.80. The fourth-order valence-corrected chi connectivity index (χ4v) is 3.24. The number of hydrogen-bond donors (Lipinski definition) is 2. The second-order valence-electron chi connectivity index (χ2n) is 6.39. The number of aromatic nitrogens is 4. The molecule has 1 atom stereocenters. The van der Waals surface area contributed by atoms with Gasteiger partial charge in [0.15, 0.2) is 0 Å². The van der Waals surface area contributed by atoms with Crippen LogP contribution in [0.3, 0.4) is 0 Å². The number of anilines is 1. The Kier molecular flexibility index (Phi) is 4.77. The van der Waals surface area contributed by atoms with Gasteiger partial charge in [-0.2, -0.15) is 0 Å². The van der Waals surface area contributed by atoms with Gasteiger partial charge in [0.25, 0.3) is 0 Å². The van der Waals surface area contributed by atoms with E-state index in [2.05, 4.69) is 22.0 Å². The third-order valence-electron chi connectivity index (χ3n) is 4.89. The van der Waals surface area contributed by atoms with Gasteiger partial charge < -0.3 is 15.6 Å². The molecule has 126 valence electrons. The number of aliphatic hydroxyl groups is 1. The van der Waals surface area contributed by atoms with Gasteiger partial charge in [0, 0.05) is 12.0 Å². The number of hydrogen-bond acceptors (Lipinski definition) is 6. The van der Waals surface area contributed by atoms with Crippen LogP contribution in [0.2, 0.25) is 0 Å². The van der Waals surface area contributed by atoms with Crippen LogP contribution in [0.4, 0.5) is 5.95 Å². The molecule has 7 nitrogen and oxygen atoms in total. The van der Waals surface area contributed by atoms with E-state index in [0.29, 0.717) is 12.6 Å². The van der Waals surface area contributed by atoms with E-state index in [0.717, 1.165) is 37.2 Å². The van der Waals surface area contributed by atoms with Crippen molar-refractivity contribution in [1.29, 1.82) is 0 Å². The van der Waals surface area contributed by atoms with Crippen LogP contribution in [-0.2, 0) is 10.2 Å². The number of nitrogens with two attached hydrogens (primary N) is 1. The summed E-state index contributed by atoms with van der Waals surface area (Å²) in [7, 11) is 0. The third kappa shape index (κ3) is 3.30. The molecule has 1 saturated heterocycles. The summed E-state index contributed by atoms with van der Waals surface area (Å²) in [5, 5.41) is 13.0. The predicted octanol–water partition coefficient (Wildman–Crippen LogP) is 1.70. The van der Waals surface area contributed by atoms with Crippen LogP contribution >= 0.6 is 0 Å². The zero-order valence-electron chi connectivity index (χ0n) is 13.6. The molecule has 2 aromatic heterocycles. The standard InChI is InChI=1S/C11H15N5.C5H10O2/c1-2-11(4-3-5-11)9-13-6-8-7-14-10(12)15-16(8)9;6-5-2-1-3-7-4-5/h6-7H,2-5H2,1H3,(H2,12,15);5-6H,1-4H2. The van der Waals surface area contributed by atoms with Crippen molar-refractivity contribution < 1.29 is 9.84 Å². The first kappa shape index (κ1) is 16.1. The molecule has 0 radical (unpaired) electrons. The molecule has 3 heterocycles. The highest BCUT2D eigenvalue weighted by molar-refractivity contribution is 5.44. The van der Waals surface area contributed by atoms with Gasteiger partial charge in [-0.05, 0) is 32.1 Å². The average Bonchev–Trinajstić information content (AvgIpc) is 2.92. The van der Waals surface area contributed by atoms with Crippen LogP contribution < -0.4 is 5.73 Å². The summed E-state index contributed by atoms with van der Waals surface area (Å²) in [6.45, 7) is 3.59. The maximum Gasteiger partial charge on any atom is 0.238 e. The zero-order valence-corrected chi connectivity index (χ0v) is 13.6. The number of nitrogens with zero attached hydrogens (tertiary/aromatic N) is 4. The minimum atomic E-state index is -0.186. The maximum absolute atomic E-state index is 8.78. The fraction of sp³-hybridized carbons (Fsp3) is 0.688. The lowest BCUT2D eigenvalue weighted by atomic mass is 9.66. The van der Waals surface area contributed by atoms with E-state index in [1.54, 1.807) is 6.20 Å². The first-order valence-electron chi connectivity index (χ1n) is 8.37. The van der Waals surface area contributed by atoms with E-state index in [-0.39, 0.29) is 11.5 Å². The molecule has 0 amide bonds. The third-order valence-corrected chi connectivity index (χ3v) is 4.89. The molecule has 0 aromatic carbocycles. The van der Waals surface area contributed by atoms with Crippen molar-refractivity contribution >= 4 is 11.5 Å². The molecular formula is C16H25N5O2. The molecule has 7 heteroatoms. The minimum Gasteiger partial charge on any atom is -0.391 e. The van der Waals surface area contributed by atoms with Gasteiger partial charge in [-0.1, -0.05) is 13.3 Å². The first-order chi connectivity index (χ1) is 11.1. The van der Waals surface area contributed by atoms with E-state index < -0.39 is 0 Å². The molecule has 2 aromatic rings. The van der Waals surface area contributed by atoms with Crippen molar-refractivity contribution in [3.05, 3.63) is 18.2 Å². The summed E-state index contributed by atoms with van der Waals surface area (Å²) < 4.78 is 6.78. The van der Waals surface area contributed by atoms with E-state index in [4.69, 9.17) is 15.6 Å². The summed E-state index contributed by atoms with van der Waals surface area (Å²) in [5.41, 5.74) is 6.76. The molecule has 1 aliphatic heterocycles. The molecule has 1 aliphatic carbocycles. The molecule has 4 rings (SSSR count). The molecule has 0 spiro atoms. The molecule has 3 N–H and O–H groups in total. The van der Waals surface area contributed by atoms with Crippen molar-refractivity contribution in [2.24, 2.45) is 0 Å². The van der Waals surface area contributed by atoms with Gasteiger partial charge in [0.1, 0.15) is 11.3 Å². The summed E-state index contributed by atoms with van der Waals surface area (Å²) in [6.07, 6.45) is 10.1. The molecule has 0 bridgehead atoms. The van der Waals surface area contributed by atoms with Gasteiger partial charge in [0.2, 0.25) is 5.95 Å². The number of fused-ring (bicyclic) bond motifs is 1. The van der Waals surface area contributed by atoms with Gasteiger partial charge in [-0.3, -0.25) is 0 Å². The van der Waals surface area contributed by atoms with Crippen molar-refractivity contribution in [2.45, 2.75) is 57.0 Å². The predicted molar refractivity (Wildman–Crippen MR) is 87.1 cm³/mol. The summed E-state index contributed by atoms with van der Waals surface area (Å²) in [5.74, 6) is 1.35. The minimum absolute atomic E-state index is 0.186. The number of nitrogen functional groups attached to an aromatic ring is 1. The van der Waals surface area contributed by atoms with Gasteiger partial charge in [-0.15, -0.1) is 5.10 Å². The number of imidazole rings is 1. The Labute approximate surface area is 135 Å². The van der Waals surface area contributed by atoms with E-state index in [1.807, 2.05) is 10.7 Å². The molecular weight excluding hydrogens is 294 g/mol. The Hall–Kier alpha value is -1.73. The normalized spacial score (nSPS) is 23.0. The largest absolute Gasteiger partial charge is 0.391 e. The molecule has 2 aliphatic rings. The Morgan fingerprint density at radius 3 is 2.65 bits per heavy atom. The fourth-order valence-electron chi connectivity index (χ4n) is 3.24. The Balaban J connectivity index is 0.000000188. The molecule has 2 fully saturated rings. The second-order valence-corrected chi connectivity index (χ2v) is 6.39. The van der Waals surface area contributed by atoms with Crippen molar-refractivity contribution in [3.63, 3.8) is 0 Å². The van der Waals surface area contributed by atoms with Gasteiger partial charge in [0.05, 0.1) is 25.1 Å². The first-order valence-corrected chi connectivity index (χ1v) is 8.37. The van der Waals surface area contributed by atoms with Crippen molar-refractivity contribution in [2.75, 3.05) is 18.9 Å². The zero-order chi connectivity index (χ0) is 16.3. The van der Waals surface area contributed by atoms with Crippen LogP contribution in [0.1, 0.15) is 51.3 Å². The maximum atomic E-state index is 8.78. The highest BCUT2D eigenvalue weighted by atomic mass is 16.5. The highest BCUT2D eigenvalue weighted by Gasteiger charge is 2.40. The van der Waals surface area contributed by atoms with Crippen LogP contribution in [0.5, 0.6) is 0 Å². The van der Waals surface area contributed by atoms with Gasteiger partial charge >= 0.3 is 0 Å². The highest BCUT2D eigenvalue weighted by Crippen LogP contribution is 2.45. The van der Waals surface area contributed by atoms with Crippen LogP contribution in [-0.4, -0.2) is 44.0 Å². The van der Waals surface area contributed by atoms with Gasteiger partial charge in [-0.25, -0.2) is 14.5 Å². The van der Waals surface area contributed by atoms with Crippen LogP contribution in [0.15, 0.2) is 12.4 Å². The van der Waals surface area contributed by atoms with Crippen molar-refractivity contribution in [1.82, 2.24) is 19.6 Å². The van der Waals surface area contributed by atoms with E-state index >= 15 is 0 Å². The lowest BCUT2D eigenvalue weighted by molar-refractivity contribution is -0.00535. The monoisotopic (exact) mass is 319 g/mol. The topological polar surface area (TPSA) is 98.6 Å². The number of aliphatic hydroxyl groups excluding tert-OH is 1. The molecule has 1 unspecified atom stereocenters. The number of ether oxygens (including phenoxy) is 1. The Morgan fingerprint density at radius 2 is 2.13 bits per heavy atom. The van der Waals surface area contributed by atoms with Crippen LogP contribution in [0.25, 0.3) is 5.52 Å². The molecule has 1 saturated carbocycles. The Bertz CT molecular complexity index is 641. The van der Waals surface area contributed by atoms with E-state index in [1.165, 1.54) is 19.3 Å². The summed E-state index contributed by atoms with van der Waals surface area (Å²) >= 11 is 0. The van der Waals surface area contributed by atoms with Crippen LogP contribution in [0, 0.1) is 0 Å². The summed E-state index contributed by atoms with van der Waals surface area (Å²) in [6, 6.07) is 0. The SMILES string of the molecule is CCC1(c2ncc3cnc(N)nn23)CCC1.OC1CCCOC1. The summed E-state index contributed by atoms with van der Waals surface area (Å²) in [4.78, 5) is 8.48. The smallest absolute Gasteiger partial charge is 0.238 e. The average molecular weight is 319 g/mol. The van der Waals surface area contributed by atoms with Crippen molar-refractivity contribution in [3.8, 4) is 0 Å². The lowest BCUT2D eigenvalue weighted by Gasteiger charge is -2.39. The van der Waals surface area contributed by atoms with E-state index in [9.17, 15) is 0 Å². The Morgan fingerprint density at radius 1 is 1.35 bits per heavy atom. The number of rotatable bonds is 2. The lowest BCUT2D eigenvalue weighted by Crippen LogP contribution is -2.35.